The molecular weight excluding hydrogens is 386 g/mol. The van der Waals surface area contributed by atoms with Gasteiger partial charge in [0.25, 0.3) is 11.8 Å². The molecule has 0 radical (unpaired) electrons. The van der Waals surface area contributed by atoms with Gasteiger partial charge < -0.3 is 21.1 Å². The van der Waals surface area contributed by atoms with Gasteiger partial charge in [-0.05, 0) is 48.7 Å². The SMILES string of the molecule is Cc1ccccc1C(=O)N[C@H](C(=O)OCC(=O)Nc1ccc(C(N)=O)cc1)C(C)C. The van der Waals surface area contributed by atoms with E-state index in [0.29, 0.717) is 16.8 Å². The van der Waals surface area contributed by atoms with Gasteiger partial charge in [-0.3, -0.25) is 14.4 Å². The van der Waals surface area contributed by atoms with Gasteiger partial charge in [0.2, 0.25) is 5.91 Å². The highest BCUT2D eigenvalue weighted by Gasteiger charge is 2.27. The molecule has 0 saturated heterocycles. The molecule has 3 amide bonds. The van der Waals surface area contributed by atoms with Crippen molar-refractivity contribution in [1.82, 2.24) is 5.32 Å². The maximum absolute atomic E-state index is 12.5. The van der Waals surface area contributed by atoms with Crippen LogP contribution in [0.25, 0.3) is 0 Å². The Bertz CT molecular complexity index is 938. The van der Waals surface area contributed by atoms with Crippen LogP contribution in [0.3, 0.4) is 0 Å². The van der Waals surface area contributed by atoms with E-state index < -0.39 is 30.4 Å². The lowest BCUT2D eigenvalue weighted by Gasteiger charge is -2.21. The second-order valence-corrected chi connectivity index (χ2v) is 7.11. The fraction of sp³-hybridized carbons (Fsp3) is 0.273. The maximum Gasteiger partial charge on any atom is 0.329 e. The second kappa shape index (κ2) is 10.2. The third-order valence-corrected chi connectivity index (χ3v) is 4.40. The first-order chi connectivity index (χ1) is 14.2. The number of ether oxygens (including phenoxy) is 1. The molecule has 0 aliphatic heterocycles. The van der Waals surface area contributed by atoms with Crippen LogP contribution in [0, 0.1) is 12.8 Å². The molecule has 2 aromatic rings. The average Bonchev–Trinajstić information content (AvgIpc) is 2.70. The molecule has 4 N–H and O–H groups in total. The fourth-order valence-electron chi connectivity index (χ4n) is 2.69. The van der Waals surface area contributed by atoms with Crippen molar-refractivity contribution >= 4 is 29.4 Å². The molecule has 2 aromatic carbocycles. The van der Waals surface area contributed by atoms with E-state index >= 15 is 0 Å². The van der Waals surface area contributed by atoms with Gasteiger partial charge in [0, 0.05) is 16.8 Å². The van der Waals surface area contributed by atoms with Gasteiger partial charge in [-0.1, -0.05) is 32.0 Å². The van der Waals surface area contributed by atoms with Gasteiger partial charge in [0.05, 0.1) is 0 Å². The predicted octanol–water partition coefficient (Wildman–Crippen LogP) is 2.03. The molecule has 0 saturated carbocycles. The zero-order valence-electron chi connectivity index (χ0n) is 17.1. The number of esters is 1. The Labute approximate surface area is 174 Å². The van der Waals surface area contributed by atoms with E-state index in [9.17, 15) is 19.2 Å². The standard InChI is InChI=1S/C22H25N3O5/c1-13(2)19(25-21(28)17-7-5-4-6-14(17)3)22(29)30-12-18(26)24-16-10-8-15(9-11-16)20(23)27/h4-11,13,19H,12H2,1-3H3,(H2,23,27)(H,24,26)(H,25,28)/t19-/m0/s1. The largest absolute Gasteiger partial charge is 0.454 e. The number of hydrogen-bond acceptors (Lipinski definition) is 5. The summed E-state index contributed by atoms with van der Waals surface area (Å²) in [6.45, 7) is 4.83. The summed E-state index contributed by atoms with van der Waals surface area (Å²) in [5, 5.41) is 5.22. The Morgan fingerprint density at radius 2 is 1.63 bits per heavy atom. The minimum absolute atomic E-state index is 0.241. The molecule has 0 fully saturated rings. The number of amides is 3. The Balaban J connectivity index is 1.93. The van der Waals surface area contributed by atoms with Crippen molar-refractivity contribution in [3.05, 3.63) is 65.2 Å². The Hall–Kier alpha value is -3.68. The van der Waals surface area contributed by atoms with Crippen LogP contribution < -0.4 is 16.4 Å². The third-order valence-electron chi connectivity index (χ3n) is 4.40. The minimum atomic E-state index is -0.903. The van der Waals surface area contributed by atoms with Crippen molar-refractivity contribution in [2.75, 3.05) is 11.9 Å². The molecule has 30 heavy (non-hydrogen) atoms. The minimum Gasteiger partial charge on any atom is -0.454 e. The lowest BCUT2D eigenvalue weighted by atomic mass is 10.0. The van der Waals surface area contributed by atoms with Crippen molar-refractivity contribution < 1.29 is 23.9 Å². The molecule has 2 rings (SSSR count). The molecule has 0 aliphatic rings. The zero-order valence-corrected chi connectivity index (χ0v) is 17.1. The third kappa shape index (κ3) is 6.16. The summed E-state index contributed by atoms with van der Waals surface area (Å²) in [6, 6.07) is 12.1. The number of benzene rings is 2. The van der Waals surface area contributed by atoms with Crippen LogP contribution in [0.4, 0.5) is 5.69 Å². The molecular formula is C22H25N3O5. The number of carbonyl (C=O) groups is 4. The summed E-state index contributed by atoms with van der Waals surface area (Å²) in [5.41, 5.74) is 7.15. The average molecular weight is 411 g/mol. The molecule has 1 atom stereocenters. The quantitative estimate of drug-likeness (QED) is 0.573. The van der Waals surface area contributed by atoms with Crippen molar-refractivity contribution in [1.29, 1.82) is 0 Å². The Morgan fingerprint density at radius 3 is 2.20 bits per heavy atom. The van der Waals surface area contributed by atoms with Crippen LogP contribution in [-0.4, -0.2) is 36.3 Å². The molecule has 8 nitrogen and oxygen atoms in total. The monoisotopic (exact) mass is 411 g/mol. The van der Waals surface area contributed by atoms with Crippen molar-refractivity contribution in [3.8, 4) is 0 Å². The number of nitrogens with two attached hydrogens (primary N) is 1. The summed E-state index contributed by atoms with van der Waals surface area (Å²) in [6.07, 6.45) is 0. The molecule has 0 aromatic heterocycles. The first kappa shape index (κ1) is 22.6. The Morgan fingerprint density at radius 1 is 1.00 bits per heavy atom. The molecule has 0 spiro atoms. The number of aryl methyl sites for hydroxylation is 1. The summed E-state index contributed by atoms with van der Waals surface area (Å²) < 4.78 is 5.09. The van der Waals surface area contributed by atoms with Crippen LogP contribution >= 0.6 is 0 Å². The number of hydrogen-bond donors (Lipinski definition) is 3. The van der Waals surface area contributed by atoms with E-state index in [2.05, 4.69) is 10.6 Å². The first-order valence-corrected chi connectivity index (χ1v) is 9.42. The predicted molar refractivity (Wildman–Crippen MR) is 112 cm³/mol. The number of rotatable bonds is 8. The van der Waals surface area contributed by atoms with E-state index in [1.54, 1.807) is 39.0 Å². The zero-order chi connectivity index (χ0) is 22.3. The topological polar surface area (TPSA) is 128 Å². The van der Waals surface area contributed by atoms with Gasteiger partial charge >= 0.3 is 5.97 Å². The molecule has 0 aliphatic carbocycles. The summed E-state index contributed by atoms with van der Waals surface area (Å²) >= 11 is 0. The highest BCUT2D eigenvalue weighted by Crippen LogP contribution is 2.11. The van der Waals surface area contributed by atoms with Gasteiger partial charge in [-0.2, -0.15) is 0 Å². The molecule has 8 heteroatoms. The van der Waals surface area contributed by atoms with Gasteiger partial charge in [-0.25, -0.2) is 4.79 Å². The number of carbonyl (C=O) groups excluding carboxylic acids is 4. The van der Waals surface area contributed by atoms with Crippen LogP contribution in [0.5, 0.6) is 0 Å². The smallest absolute Gasteiger partial charge is 0.329 e. The summed E-state index contributed by atoms with van der Waals surface area (Å²) in [7, 11) is 0. The summed E-state index contributed by atoms with van der Waals surface area (Å²) in [5.74, 6) is -2.46. The van der Waals surface area contributed by atoms with Crippen molar-refractivity contribution in [3.63, 3.8) is 0 Å². The highest BCUT2D eigenvalue weighted by atomic mass is 16.5. The number of anilines is 1. The van der Waals surface area contributed by atoms with E-state index in [4.69, 9.17) is 10.5 Å². The van der Waals surface area contributed by atoms with Crippen molar-refractivity contribution in [2.45, 2.75) is 26.8 Å². The molecule has 0 unspecified atom stereocenters. The van der Waals surface area contributed by atoms with Crippen LogP contribution in [0.15, 0.2) is 48.5 Å². The van der Waals surface area contributed by atoms with E-state index in [-0.39, 0.29) is 11.8 Å². The maximum atomic E-state index is 12.5. The van der Waals surface area contributed by atoms with Gasteiger partial charge in [0.1, 0.15) is 6.04 Å². The van der Waals surface area contributed by atoms with E-state index in [0.717, 1.165) is 5.56 Å². The lowest BCUT2D eigenvalue weighted by Crippen LogP contribution is -2.46. The van der Waals surface area contributed by atoms with E-state index in [1.165, 1.54) is 24.3 Å². The van der Waals surface area contributed by atoms with Crippen molar-refractivity contribution in [2.24, 2.45) is 11.7 Å². The molecule has 0 bridgehead atoms. The molecule has 158 valence electrons. The highest BCUT2D eigenvalue weighted by molar-refractivity contribution is 5.99. The fourth-order valence-corrected chi connectivity index (χ4v) is 2.69. The number of nitrogens with one attached hydrogen (secondary N) is 2. The molecule has 0 heterocycles. The van der Waals surface area contributed by atoms with E-state index in [1.807, 2.05) is 6.07 Å². The Kier molecular flexibility index (Phi) is 7.69. The first-order valence-electron chi connectivity index (χ1n) is 9.42. The normalized spacial score (nSPS) is 11.5. The van der Waals surface area contributed by atoms with Gasteiger partial charge in [-0.15, -0.1) is 0 Å². The van der Waals surface area contributed by atoms with Crippen LogP contribution in [0.1, 0.15) is 40.1 Å². The second-order valence-electron chi connectivity index (χ2n) is 7.11. The van der Waals surface area contributed by atoms with Crippen LogP contribution in [0.2, 0.25) is 0 Å². The van der Waals surface area contributed by atoms with Gasteiger partial charge in [0.15, 0.2) is 6.61 Å². The van der Waals surface area contributed by atoms with Crippen LogP contribution in [-0.2, 0) is 14.3 Å². The summed E-state index contributed by atoms with van der Waals surface area (Å²) in [4.78, 5) is 48.1. The number of primary amides is 1. The lowest BCUT2D eigenvalue weighted by molar-refractivity contribution is -0.150.